The van der Waals surface area contributed by atoms with Crippen LogP contribution >= 0.6 is 0 Å². The SMILES string of the molecule is Cc1nn(C)c(C)c1CN(C)C(=O)CCn1c(=O)c(N2CCCC2)nc2ccccc21. The minimum Gasteiger partial charge on any atom is -0.352 e. The van der Waals surface area contributed by atoms with E-state index < -0.39 is 0 Å². The summed E-state index contributed by atoms with van der Waals surface area (Å²) in [6.07, 6.45) is 2.40. The van der Waals surface area contributed by atoms with Crippen LogP contribution in [0.2, 0.25) is 0 Å². The Bertz CT molecular complexity index is 1170. The number of benzene rings is 1. The molecule has 0 radical (unpaired) electrons. The highest BCUT2D eigenvalue weighted by atomic mass is 16.2. The molecule has 0 spiro atoms. The summed E-state index contributed by atoms with van der Waals surface area (Å²) >= 11 is 0. The Kier molecular flexibility index (Phi) is 5.80. The molecular formula is C23H30N6O2. The number of rotatable bonds is 6. The van der Waals surface area contributed by atoms with Crippen molar-refractivity contribution in [1.29, 1.82) is 0 Å². The predicted molar refractivity (Wildman–Crippen MR) is 121 cm³/mol. The first-order chi connectivity index (χ1) is 14.9. The van der Waals surface area contributed by atoms with Crippen LogP contribution in [0.1, 0.15) is 36.2 Å². The van der Waals surface area contributed by atoms with Crippen LogP contribution in [-0.2, 0) is 24.9 Å². The van der Waals surface area contributed by atoms with E-state index in [9.17, 15) is 9.59 Å². The summed E-state index contributed by atoms with van der Waals surface area (Å²) in [7, 11) is 3.71. The van der Waals surface area contributed by atoms with Crippen LogP contribution in [0.15, 0.2) is 29.1 Å². The van der Waals surface area contributed by atoms with Crippen molar-refractivity contribution in [2.45, 2.75) is 46.2 Å². The molecule has 1 aliphatic heterocycles. The van der Waals surface area contributed by atoms with Gasteiger partial charge in [0.2, 0.25) is 5.91 Å². The molecule has 0 N–H and O–H groups in total. The summed E-state index contributed by atoms with van der Waals surface area (Å²) < 4.78 is 3.55. The van der Waals surface area contributed by atoms with Gasteiger partial charge in [0.25, 0.3) is 5.56 Å². The van der Waals surface area contributed by atoms with Crippen molar-refractivity contribution >= 4 is 22.8 Å². The third-order valence-corrected chi connectivity index (χ3v) is 6.27. The summed E-state index contributed by atoms with van der Waals surface area (Å²) in [6.45, 7) is 6.52. The van der Waals surface area contributed by atoms with Crippen LogP contribution in [0.4, 0.5) is 5.82 Å². The maximum atomic E-state index is 13.3. The largest absolute Gasteiger partial charge is 0.352 e. The van der Waals surface area contributed by atoms with Crippen molar-refractivity contribution in [1.82, 2.24) is 24.2 Å². The number of fused-ring (bicyclic) bond motifs is 1. The van der Waals surface area contributed by atoms with Crippen molar-refractivity contribution in [2.75, 3.05) is 25.0 Å². The Labute approximate surface area is 182 Å². The Hall–Kier alpha value is -3.16. The van der Waals surface area contributed by atoms with Crippen LogP contribution in [0.3, 0.4) is 0 Å². The van der Waals surface area contributed by atoms with E-state index in [0.29, 0.717) is 18.9 Å². The summed E-state index contributed by atoms with van der Waals surface area (Å²) in [5.41, 5.74) is 4.50. The van der Waals surface area contributed by atoms with E-state index in [4.69, 9.17) is 0 Å². The van der Waals surface area contributed by atoms with E-state index in [-0.39, 0.29) is 17.9 Å². The number of anilines is 1. The van der Waals surface area contributed by atoms with Crippen LogP contribution in [0.25, 0.3) is 11.0 Å². The van der Waals surface area contributed by atoms with Gasteiger partial charge in [0, 0.05) is 58.0 Å². The molecule has 1 aliphatic rings. The molecule has 0 aliphatic carbocycles. The number of aromatic nitrogens is 4. The topological polar surface area (TPSA) is 76.3 Å². The molecule has 1 amide bonds. The van der Waals surface area contributed by atoms with E-state index >= 15 is 0 Å². The normalized spacial score (nSPS) is 13.9. The summed E-state index contributed by atoms with van der Waals surface area (Å²) in [5, 5.41) is 4.43. The second kappa shape index (κ2) is 8.53. The molecule has 0 saturated carbocycles. The Morgan fingerprint density at radius 1 is 1.16 bits per heavy atom. The second-order valence-corrected chi connectivity index (χ2v) is 8.35. The number of carbonyl (C=O) groups is 1. The number of aryl methyl sites for hydroxylation is 3. The fourth-order valence-electron chi connectivity index (χ4n) is 4.31. The maximum Gasteiger partial charge on any atom is 0.294 e. The minimum absolute atomic E-state index is 0.00170. The highest BCUT2D eigenvalue weighted by molar-refractivity contribution is 5.78. The third kappa shape index (κ3) is 4.06. The van der Waals surface area contributed by atoms with E-state index in [1.54, 1.807) is 16.5 Å². The fraction of sp³-hybridized carbons (Fsp3) is 0.478. The number of para-hydroxylation sites is 2. The van der Waals surface area contributed by atoms with Crippen molar-refractivity contribution in [3.8, 4) is 0 Å². The standard InChI is InChI=1S/C23H30N6O2/c1-16-18(17(2)27(4)25-16)15-26(3)21(30)11-14-29-20-10-6-5-9-19(20)24-22(23(29)31)28-12-7-8-13-28/h5-6,9-10H,7-8,11-15H2,1-4H3. The van der Waals surface area contributed by atoms with E-state index in [0.717, 1.165) is 53.9 Å². The number of nitrogens with zero attached hydrogens (tertiary/aromatic N) is 6. The fourth-order valence-corrected chi connectivity index (χ4v) is 4.31. The average Bonchev–Trinajstić information content (AvgIpc) is 3.37. The Morgan fingerprint density at radius 2 is 1.87 bits per heavy atom. The zero-order valence-electron chi connectivity index (χ0n) is 18.8. The molecule has 8 heteroatoms. The summed E-state index contributed by atoms with van der Waals surface area (Å²) in [6, 6.07) is 7.65. The van der Waals surface area contributed by atoms with Crippen molar-refractivity contribution < 1.29 is 4.79 Å². The van der Waals surface area contributed by atoms with Gasteiger partial charge in [-0.1, -0.05) is 12.1 Å². The van der Waals surface area contributed by atoms with Crippen LogP contribution in [0.5, 0.6) is 0 Å². The molecule has 31 heavy (non-hydrogen) atoms. The van der Waals surface area contributed by atoms with Gasteiger partial charge in [0.05, 0.1) is 16.7 Å². The molecule has 0 atom stereocenters. The van der Waals surface area contributed by atoms with Gasteiger partial charge in [0.1, 0.15) is 0 Å². The molecule has 0 bridgehead atoms. The van der Waals surface area contributed by atoms with E-state index in [1.165, 1.54) is 0 Å². The number of amides is 1. The molecule has 0 unspecified atom stereocenters. The second-order valence-electron chi connectivity index (χ2n) is 8.35. The Balaban J connectivity index is 1.56. The lowest BCUT2D eigenvalue weighted by Gasteiger charge is -2.20. The molecule has 1 fully saturated rings. The molecule has 2 aromatic heterocycles. The molecular weight excluding hydrogens is 392 g/mol. The first kappa shape index (κ1) is 21.1. The van der Waals surface area contributed by atoms with Gasteiger partial charge in [-0.2, -0.15) is 5.10 Å². The van der Waals surface area contributed by atoms with Gasteiger partial charge in [0.15, 0.2) is 5.82 Å². The predicted octanol–water partition coefficient (Wildman–Crippen LogP) is 2.40. The Morgan fingerprint density at radius 3 is 2.55 bits per heavy atom. The first-order valence-corrected chi connectivity index (χ1v) is 10.8. The quantitative estimate of drug-likeness (QED) is 0.610. The monoisotopic (exact) mass is 422 g/mol. The number of hydrogen-bond acceptors (Lipinski definition) is 5. The van der Waals surface area contributed by atoms with E-state index in [2.05, 4.69) is 15.0 Å². The number of carbonyl (C=O) groups excluding carboxylic acids is 1. The third-order valence-electron chi connectivity index (χ3n) is 6.27. The van der Waals surface area contributed by atoms with Crippen molar-refractivity contribution in [3.63, 3.8) is 0 Å². The lowest BCUT2D eigenvalue weighted by atomic mass is 10.2. The molecule has 164 valence electrons. The lowest BCUT2D eigenvalue weighted by Crippen LogP contribution is -2.33. The zero-order valence-corrected chi connectivity index (χ0v) is 18.8. The van der Waals surface area contributed by atoms with Gasteiger partial charge in [-0.05, 0) is 38.8 Å². The summed E-state index contributed by atoms with van der Waals surface area (Å²) in [4.78, 5) is 34.6. The van der Waals surface area contributed by atoms with Crippen molar-refractivity contribution in [3.05, 3.63) is 51.6 Å². The smallest absolute Gasteiger partial charge is 0.294 e. The lowest BCUT2D eigenvalue weighted by molar-refractivity contribution is -0.130. The molecule has 8 nitrogen and oxygen atoms in total. The minimum atomic E-state index is -0.116. The van der Waals surface area contributed by atoms with Crippen LogP contribution in [-0.4, -0.2) is 50.3 Å². The van der Waals surface area contributed by atoms with Crippen LogP contribution in [0, 0.1) is 13.8 Å². The highest BCUT2D eigenvalue weighted by Gasteiger charge is 2.21. The molecule has 1 saturated heterocycles. The first-order valence-electron chi connectivity index (χ1n) is 10.8. The molecule has 4 rings (SSSR count). The van der Waals surface area contributed by atoms with Crippen LogP contribution < -0.4 is 10.5 Å². The van der Waals surface area contributed by atoms with Gasteiger partial charge >= 0.3 is 0 Å². The average molecular weight is 423 g/mol. The van der Waals surface area contributed by atoms with Gasteiger partial charge in [-0.25, -0.2) is 4.98 Å². The van der Waals surface area contributed by atoms with E-state index in [1.807, 2.05) is 49.8 Å². The highest BCUT2D eigenvalue weighted by Crippen LogP contribution is 2.19. The number of hydrogen-bond donors (Lipinski definition) is 0. The van der Waals surface area contributed by atoms with Gasteiger partial charge < -0.3 is 14.4 Å². The molecule has 1 aromatic carbocycles. The zero-order chi connectivity index (χ0) is 22.1. The van der Waals surface area contributed by atoms with Gasteiger partial charge in [-0.15, -0.1) is 0 Å². The summed E-state index contributed by atoms with van der Waals surface area (Å²) in [5.74, 6) is 0.497. The van der Waals surface area contributed by atoms with Crippen molar-refractivity contribution in [2.24, 2.45) is 7.05 Å². The van der Waals surface area contributed by atoms with Gasteiger partial charge in [-0.3, -0.25) is 14.3 Å². The maximum absolute atomic E-state index is 13.3. The molecule has 3 aromatic rings. The molecule has 3 heterocycles.